The first-order chi connectivity index (χ1) is 8.47. The van der Waals surface area contributed by atoms with E-state index in [1.807, 2.05) is 0 Å². The Morgan fingerprint density at radius 1 is 1.39 bits per heavy atom. The number of amides is 2. The summed E-state index contributed by atoms with van der Waals surface area (Å²) in [5.41, 5.74) is 6.49. The van der Waals surface area contributed by atoms with Gasteiger partial charge in [-0.2, -0.15) is 0 Å². The molecule has 0 unspecified atom stereocenters. The summed E-state index contributed by atoms with van der Waals surface area (Å²) in [6, 6.07) is 4.75. The number of benzene rings is 1. The molecule has 1 rings (SSSR count). The fourth-order valence-electron chi connectivity index (χ4n) is 1.45. The van der Waals surface area contributed by atoms with Crippen molar-refractivity contribution in [3.05, 3.63) is 23.8 Å². The molecule has 98 valence electrons. The number of likely N-dealkylation sites (N-methyl/N-ethyl adjacent to an activating group) is 2. The van der Waals surface area contributed by atoms with E-state index in [0.717, 1.165) is 0 Å². The summed E-state index contributed by atoms with van der Waals surface area (Å²) < 4.78 is 5.04. The van der Waals surface area contributed by atoms with E-state index in [1.165, 1.54) is 19.1 Å². The lowest BCUT2D eigenvalue weighted by atomic mass is 10.1. The van der Waals surface area contributed by atoms with Gasteiger partial charge in [0.2, 0.25) is 5.91 Å². The van der Waals surface area contributed by atoms with E-state index in [-0.39, 0.29) is 18.4 Å². The number of methoxy groups -OCH3 is 1. The molecule has 2 amide bonds. The van der Waals surface area contributed by atoms with E-state index in [4.69, 9.17) is 10.5 Å². The maximum absolute atomic E-state index is 12.1. The zero-order chi connectivity index (χ0) is 13.7. The molecule has 0 heterocycles. The summed E-state index contributed by atoms with van der Waals surface area (Å²) in [6.45, 7) is -0.00749. The zero-order valence-corrected chi connectivity index (χ0v) is 10.7. The van der Waals surface area contributed by atoms with Crippen molar-refractivity contribution in [1.82, 2.24) is 10.2 Å². The largest absolute Gasteiger partial charge is 0.497 e. The second-order valence-electron chi connectivity index (χ2n) is 3.83. The monoisotopic (exact) mass is 251 g/mol. The fourth-order valence-corrected chi connectivity index (χ4v) is 1.45. The lowest BCUT2D eigenvalue weighted by molar-refractivity contribution is -0.121. The Kier molecular flexibility index (Phi) is 4.53. The normalized spacial score (nSPS) is 9.72. The van der Waals surface area contributed by atoms with Crippen LogP contribution >= 0.6 is 0 Å². The number of rotatable bonds is 4. The van der Waals surface area contributed by atoms with Crippen molar-refractivity contribution in [2.45, 2.75) is 0 Å². The van der Waals surface area contributed by atoms with Crippen LogP contribution in [0.2, 0.25) is 0 Å². The van der Waals surface area contributed by atoms with Gasteiger partial charge >= 0.3 is 0 Å². The van der Waals surface area contributed by atoms with Crippen LogP contribution in [0.25, 0.3) is 0 Å². The van der Waals surface area contributed by atoms with Crippen LogP contribution < -0.4 is 15.8 Å². The third kappa shape index (κ3) is 3.38. The Bertz CT molecular complexity index is 460. The fraction of sp³-hybridized carbons (Fsp3) is 0.333. The van der Waals surface area contributed by atoms with Crippen LogP contribution in [0, 0.1) is 0 Å². The molecule has 0 saturated carbocycles. The Labute approximate surface area is 106 Å². The predicted molar refractivity (Wildman–Crippen MR) is 68.4 cm³/mol. The Hall–Kier alpha value is -2.24. The number of hydrogen-bond acceptors (Lipinski definition) is 4. The average Bonchev–Trinajstić information content (AvgIpc) is 2.36. The van der Waals surface area contributed by atoms with Crippen LogP contribution in [0.4, 0.5) is 5.69 Å². The Morgan fingerprint density at radius 3 is 2.61 bits per heavy atom. The molecular formula is C12H17N3O3. The third-order valence-corrected chi connectivity index (χ3v) is 2.42. The van der Waals surface area contributed by atoms with Crippen molar-refractivity contribution in [1.29, 1.82) is 0 Å². The Morgan fingerprint density at radius 2 is 2.06 bits per heavy atom. The van der Waals surface area contributed by atoms with Gasteiger partial charge in [0.25, 0.3) is 5.91 Å². The molecule has 0 saturated heterocycles. The number of carbonyl (C=O) groups is 2. The van der Waals surface area contributed by atoms with Gasteiger partial charge in [0.05, 0.1) is 13.7 Å². The van der Waals surface area contributed by atoms with Crippen LogP contribution in [-0.4, -0.2) is 44.5 Å². The number of nitrogen functional groups attached to an aromatic ring is 1. The van der Waals surface area contributed by atoms with E-state index < -0.39 is 0 Å². The molecule has 1 aromatic rings. The van der Waals surface area contributed by atoms with Gasteiger partial charge in [-0.1, -0.05) is 0 Å². The van der Waals surface area contributed by atoms with Crippen LogP contribution in [0.15, 0.2) is 18.2 Å². The van der Waals surface area contributed by atoms with E-state index in [0.29, 0.717) is 17.0 Å². The number of hydrogen-bond donors (Lipinski definition) is 2. The second kappa shape index (κ2) is 5.90. The molecule has 1 aromatic carbocycles. The molecule has 6 heteroatoms. The highest BCUT2D eigenvalue weighted by Gasteiger charge is 2.15. The predicted octanol–water partition coefficient (Wildman–Crippen LogP) is 0.0954. The van der Waals surface area contributed by atoms with Crippen molar-refractivity contribution < 1.29 is 14.3 Å². The molecule has 0 aromatic heterocycles. The summed E-state index contributed by atoms with van der Waals surface area (Å²) in [5.74, 6) is -0.0161. The average molecular weight is 251 g/mol. The first-order valence-corrected chi connectivity index (χ1v) is 5.38. The molecule has 0 aliphatic carbocycles. The second-order valence-corrected chi connectivity index (χ2v) is 3.83. The molecule has 6 nitrogen and oxygen atoms in total. The topological polar surface area (TPSA) is 84.7 Å². The van der Waals surface area contributed by atoms with Crippen molar-refractivity contribution in [3.63, 3.8) is 0 Å². The first kappa shape index (κ1) is 13.8. The van der Waals surface area contributed by atoms with Crippen LogP contribution in [-0.2, 0) is 4.79 Å². The van der Waals surface area contributed by atoms with Gasteiger partial charge in [-0.05, 0) is 12.1 Å². The molecule has 0 bridgehead atoms. The van der Waals surface area contributed by atoms with E-state index in [9.17, 15) is 9.59 Å². The summed E-state index contributed by atoms with van der Waals surface area (Å²) in [4.78, 5) is 24.6. The van der Waals surface area contributed by atoms with Crippen LogP contribution in [0.1, 0.15) is 10.4 Å². The molecule has 3 N–H and O–H groups in total. The molecular weight excluding hydrogens is 234 g/mol. The molecule has 0 fully saturated rings. The standard InChI is InChI=1S/C12H17N3O3/c1-14-11(16)7-15(2)12(17)8-4-9(13)6-10(5-8)18-3/h4-6H,7,13H2,1-3H3,(H,14,16). The molecule has 0 spiro atoms. The van der Waals surface area contributed by atoms with E-state index >= 15 is 0 Å². The smallest absolute Gasteiger partial charge is 0.254 e. The third-order valence-electron chi connectivity index (χ3n) is 2.42. The molecule has 0 aliphatic heterocycles. The highest BCUT2D eigenvalue weighted by Crippen LogP contribution is 2.19. The number of ether oxygens (including phenoxy) is 1. The van der Waals surface area contributed by atoms with Gasteiger partial charge in [0, 0.05) is 31.4 Å². The number of nitrogens with two attached hydrogens (primary N) is 1. The van der Waals surface area contributed by atoms with E-state index in [2.05, 4.69) is 5.32 Å². The van der Waals surface area contributed by atoms with Crippen LogP contribution in [0.3, 0.4) is 0 Å². The maximum atomic E-state index is 12.1. The maximum Gasteiger partial charge on any atom is 0.254 e. The molecule has 0 aliphatic rings. The molecule has 0 radical (unpaired) electrons. The first-order valence-electron chi connectivity index (χ1n) is 5.38. The SMILES string of the molecule is CNC(=O)CN(C)C(=O)c1cc(N)cc(OC)c1. The van der Waals surface area contributed by atoms with Gasteiger partial charge in [-0.15, -0.1) is 0 Å². The number of carbonyl (C=O) groups excluding carboxylic acids is 2. The highest BCUT2D eigenvalue weighted by atomic mass is 16.5. The number of anilines is 1. The van der Waals surface area contributed by atoms with Gasteiger partial charge in [-0.3, -0.25) is 9.59 Å². The van der Waals surface area contributed by atoms with Crippen LogP contribution in [0.5, 0.6) is 5.75 Å². The zero-order valence-electron chi connectivity index (χ0n) is 10.7. The molecule has 0 atom stereocenters. The van der Waals surface area contributed by atoms with Crippen molar-refractivity contribution in [2.75, 3.05) is 33.5 Å². The minimum absolute atomic E-state index is 0.00749. The number of nitrogens with zero attached hydrogens (tertiary/aromatic N) is 1. The van der Waals surface area contributed by atoms with Gasteiger partial charge in [0.15, 0.2) is 0 Å². The number of nitrogens with one attached hydrogen (secondary N) is 1. The van der Waals surface area contributed by atoms with Crippen molar-refractivity contribution in [2.24, 2.45) is 0 Å². The van der Waals surface area contributed by atoms with Gasteiger partial charge in [0.1, 0.15) is 5.75 Å². The van der Waals surface area contributed by atoms with Crippen molar-refractivity contribution >= 4 is 17.5 Å². The Balaban J connectivity index is 2.89. The quantitative estimate of drug-likeness (QED) is 0.743. The minimum Gasteiger partial charge on any atom is -0.497 e. The summed E-state index contributed by atoms with van der Waals surface area (Å²) in [7, 11) is 4.56. The molecule has 18 heavy (non-hydrogen) atoms. The van der Waals surface area contributed by atoms with Gasteiger partial charge < -0.3 is 20.7 Å². The summed E-state index contributed by atoms with van der Waals surface area (Å²) in [6.07, 6.45) is 0. The lowest BCUT2D eigenvalue weighted by Gasteiger charge is -2.16. The van der Waals surface area contributed by atoms with E-state index in [1.54, 1.807) is 25.2 Å². The minimum atomic E-state index is -0.288. The summed E-state index contributed by atoms with van der Waals surface area (Å²) >= 11 is 0. The van der Waals surface area contributed by atoms with Gasteiger partial charge in [-0.25, -0.2) is 0 Å². The lowest BCUT2D eigenvalue weighted by Crippen LogP contribution is -2.36. The highest BCUT2D eigenvalue weighted by molar-refractivity contribution is 5.97. The summed E-state index contributed by atoms with van der Waals surface area (Å²) in [5, 5.41) is 2.45. The van der Waals surface area contributed by atoms with Crippen molar-refractivity contribution in [3.8, 4) is 5.75 Å².